The Bertz CT molecular complexity index is 1230. The maximum absolute atomic E-state index is 13.1. The van der Waals surface area contributed by atoms with Crippen LogP contribution in [0.15, 0.2) is 89.7 Å². The Morgan fingerprint density at radius 2 is 1.55 bits per heavy atom. The quantitative estimate of drug-likeness (QED) is 0.481. The summed E-state index contributed by atoms with van der Waals surface area (Å²) in [4.78, 5) is 30.5. The van der Waals surface area contributed by atoms with Crippen molar-refractivity contribution in [2.45, 2.75) is 26.6 Å². The van der Waals surface area contributed by atoms with Crippen molar-refractivity contribution in [3.63, 3.8) is 0 Å². The average molecular weight is 412 g/mol. The van der Waals surface area contributed by atoms with Crippen LogP contribution in [0.1, 0.15) is 22.3 Å². The fourth-order valence-corrected chi connectivity index (χ4v) is 3.64. The number of rotatable bonds is 6. The topological polar surface area (TPSA) is 65.2 Å². The summed E-state index contributed by atoms with van der Waals surface area (Å²) in [5, 5.41) is 3.94. The highest BCUT2D eigenvalue weighted by molar-refractivity contribution is 5.82. The monoisotopic (exact) mass is 411 g/mol. The van der Waals surface area contributed by atoms with E-state index in [2.05, 4.69) is 10.3 Å². The van der Waals surface area contributed by atoms with Gasteiger partial charge in [0.2, 0.25) is 0 Å². The van der Waals surface area contributed by atoms with Gasteiger partial charge in [-0.15, -0.1) is 0 Å². The van der Waals surface area contributed by atoms with Crippen LogP contribution in [0.2, 0.25) is 0 Å². The first-order valence-electron chi connectivity index (χ1n) is 10.3. The van der Waals surface area contributed by atoms with Crippen LogP contribution in [0, 0.1) is 6.92 Å². The molecule has 4 aromatic rings. The van der Waals surface area contributed by atoms with E-state index in [9.17, 15) is 9.59 Å². The van der Waals surface area contributed by atoms with E-state index < -0.39 is 0 Å². The minimum absolute atomic E-state index is 0.171. The number of H-pyrrole nitrogens is 1. The van der Waals surface area contributed by atoms with Crippen LogP contribution in [-0.2, 0) is 19.6 Å². The molecule has 1 heterocycles. The summed E-state index contributed by atoms with van der Waals surface area (Å²) in [6.45, 7) is 3.02. The number of carbonyl (C=O) groups is 1. The van der Waals surface area contributed by atoms with Gasteiger partial charge >= 0.3 is 6.03 Å². The second kappa shape index (κ2) is 9.30. The van der Waals surface area contributed by atoms with Crippen LogP contribution in [0.5, 0.6) is 0 Å². The first-order chi connectivity index (χ1) is 15.1. The van der Waals surface area contributed by atoms with E-state index in [0.717, 1.165) is 27.6 Å². The van der Waals surface area contributed by atoms with Crippen molar-refractivity contribution in [2.75, 3.05) is 0 Å². The molecule has 0 spiro atoms. The Hall–Kier alpha value is -3.86. The predicted molar refractivity (Wildman–Crippen MR) is 124 cm³/mol. The second-order valence-corrected chi connectivity index (χ2v) is 7.65. The molecule has 0 fully saturated rings. The third-order valence-corrected chi connectivity index (χ3v) is 5.32. The average Bonchev–Trinajstić information content (AvgIpc) is 2.79. The Morgan fingerprint density at radius 1 is 0.871 bits per heavy atom. The highest BCUT2D eigenvalue weighted by atomic mass is 16.2. The number of para-hydroxylation sites is 1. The maximum atomic E-state index is 13.1. The lowest BCUT2D eigenvalue weighted by atomic mass is 10.1. The summed E-state index contributed by atoms with van der Waals surface area (Å²) in [5.74, 6) is 0. The van der Waals surface area contributed by atoms with E-state index in [0.29, 0.717) is 18.7 Å². The summed E-state index contributed by atoms with van der Waals surface area (Å²) < 4.78 is 0. The fraction of sp³-hybridized carbons (Fsp3) is 0.154. The van der Waals surface area contributed by atoms with Gasteiger partial charge in [-0.3, -0.25) is 4.79 Å². The SMILES string of the molecule is Cc1cccc2cc(CN(Cc3ccccc3)C(=O)NCc3ccccc3)c(=O)[nH]c12. The van der Waals surface area contributed by atoms with E-state index >= 15 is 0 Å². The molecule has 2 amide bonds. The Balaban J connectivity index is 1.59. The number of aromatic amines is 1. The second-order valence-electron chi connectivity index (χ2n) is 7.65. The van der Waals surface area contributed by atoms with Gasteiger partial charge in [0.1, 0.15) is 0 Å². The molecule has 0 atom stereocenters. The number of amides is 2. The minimum Gasteiger partial charge on any atom is -0.334 e. The number of pyridine rings is 1. The van der Waals surface area contributed by atoms with Gasteiger partial charge in [0.05, 0.1) is 12.1 Å². The Morgan fingerprint density at radius 3 is 2.26 bits per heavy atom. The first-order valence-corrected chi connectivity index (χ1v) is 10.3. The maximum Gasteiger partial charge on any atom is 0.318 e. The van der Waals surface area contributed by atoms with Crippen molar-refractivity contribution in [3.05, 3.63) is 118 Å². The number of nitrogens with one attached hydrogen (secondary N) is 2. The van der Waals surface area contributed by atoms with E-state index in [-0.39, 0.29) is 18.1 Å². The molecule has 0 radical (unpaired) electrons. The zero-order valence-electron chi connectivity index (χ0n) is 17.5. The molecule has 0 aliphatic rings. The lowest BCUT2D eigenvalue weighted by Crippen LogP contribution is -2.39. The van der Waals surface area contributed by atoms with Gasteiger partial charge in [0.15, 0.2) is 0 Å². The fourth-order valence-electron chi connectivity index (χ4n) is 3.64. The van der Waals surface area contributed by atoms with E-state index in [1.807, 2.05) is 91.9 Å². The summed E-state index contributed by atoms with van der Waals surface area (Å²) in [6.07, 6.45) is 0. The molecule has 31 heavy (non-hydrogen) atoms. The number of aryl methyl sites for hydroxylation is 1. The summed E-state index contributed by atoms with van der Waals surface area (Å²) in [6, 6.07) is 27.1. The van der Waals surface area contributed by atoms with Gasteiger partial charge in [-0.2, -0.15) is 0 Å². The van der Waals surface area contributed by atoms with Gasteiger partial charge in [-0.1, -0.05) is 78.9 Å². The molecule has 3 aromatic carbocycles. The summed E-state index contributed by atoms with van der Waals surface area (Å²) in [5.41, 5.74) is 4.27. The van der Waals surface area contributed by atoms with Crippen LogP contribution in [0.4, 0.5) is 4.79 Å². The Kier molecular flexibility index (Phi) is 6.13. The molecule has 0 saturated heterocycles. The van der Waals surface area contributed by atoms with Crippen LogP contribution >= 0.6 is 0 Å². The first kappa shape index (κ1) is 20.4. The van der Waals surface area contributed by atoms with Crippen molar-refractivity contribution in [1.29, 1.82) is 0 Å². The Labute approximate surface area is 181 Å². The van der Waals surface area contributed by atoms with E-state index in [4.69, 9.17) is 0 Å². The van der Waals surface area contributed by atoms with Crippen LogP contribution in [0.3, 0.4) is 0 Å². The molecule has 0 aliphatic heterocycles. The number of nitrogens with zero attached hydrogens (tertiary/aromatic N) is 1. The number of benzene rings is 3. The zero-order chi connectivity index (χ0) is 21.6. The van der Waals surface area contributed by atoms with Crippen molar-refractivity contribution in [3.8, 4) is 0 Å². The van der Waals surface area contributed by atoms with Gasteiger partial charge in [-0.05, 0) is 35.1 Å². The number of hydrogen-bond donors (Lipinski definition) is 2. The number of hydrogen-bond acceptors (Lipinski definition) is 2. The number of carbonyl (C=O) groups excluding carboxylic acids is 1. The molecule has 0 bridgehead atoms. The highest BCUT2D eigenvalue weighted by Gasteiger charge is 2.17. The molecule has 5 heteroatoms. The largest absolute Gasteiger partial charge is 0.334 e. The van der Waals surface area contributed by atoms with Gasteiger partial charge < -0.3 is 15.2 Å². The molecular weight excluding hydrogens is 386 g/mol. The molecule has 4 rings (SSSR count). The molecule has 156 valence electrons. The number of urea groups is 1. The van der Waals surface area contributed by atoms with Crippen molar-refractivity contribution < 1.29 is 4.79 Å². The van der Waals surface area contributed by atoms with E-state index in [1.165, 1.54) is 0 Å². The predicted octanol–water partition coefficient (Wildman–Crippen LogP) is 4.75. The minimum atomic E-state index is -0.212. The standard InChI is InChI=1S/C26H25N3O2/c1-19-9-8-14-22-15-23(25(30)28-24(19)22)18-29(17-21-12-6-3-7-13-21)26(31)27-16-20-10-4-2-5-11-20/h2-15H,16-18H2,1H3,(H,27,31)(H,28,30). The number of aromatic nitrogens is 1. The highest BCUT2D eigenvalue weighted by Crippen LogP contribution is 2.17. The molecule has 1 aromatic heterocycles. The van der Waals surface area contributed by atoms with Crippen molar-refractivity contribution >= 4 is 16.9 Å². The zero-order valence-corrected chi connectivity index (χ0v) is 17.5. The normalized spacial score (nSPS) is 10.7. The number of fused-ring (bicyclic) bond motifs is 1. The molecular formula is C26H25N3O2. The van der Waals surface area contributed by atoms with Gasteiger partial charge in [0.25, 0.3) is 5.56 Å². The molecule has 0 unspecified atom stereocenters. The van der Waals surface area contributed by atoms with Gasteiger partial charge in [0, 0.05) is 18.7 Å². The smallest absolute Gasteiger partial charge is 0.318 e. The molecule has 0 aliphatic carbocycles. The summed E-state index contributed by atoms with van der Waals surface area (Å²) >= 11 is 0. The van der Waals surface area contributed by atoms with Crippen LogP contribution in [0.25, 0.3) is 10.9 Å². The lowest BCUT2D eigenvalue weighted by molar-refractivity contribution is 0.191. The van der Waals surface area contributed by atoms with Gasteiger partial charge in [-0.25, -0.2) is 4.79 Å². The third-order valence-electron chi connectivity index (χ3n) is 5.32. The van der Waals surface area contributed by atoms with Crippen molar-refractivity contribution in [2.24, 2.45) is 0 Å². The van der Waals surface area contributed by atoms with E-state index in [1.54, 1.807) is 4.90 Å². The molecule has 0 saturated carbocycles. The molecule has 2 N–H and O–H groups in total. The lowest BCUT2D eigenvalue weighted by Gasteiger charge is -2.23. The third kappa shape index (κ3) is 5.01. The molecule has 5 nitrogen and oxygen atoms in total. The summed E-state index contributed by atoms with van der Waals surface area (Å²) in [7, 11) is 0. The van der Waals surface area contributed by atoms with Crippen LogP contribution in [-0.4, -0.2) is 15.9 Å². The van der Waals surface area contributed by atoms with Crippen LogP contribution < -0.4 is 10.9 Å². The van der Waals surface area contributed by atoms with Crippen molar-refractivity contribution in [1.82, 2.24) is 15.2 Å².